The zero-order valence-corrected chi connectivity index (χ0v) is 30.7. The van der Waals surface area contributed by atoms with Crippen LogP contribution in [0.5, 0.6) is 0 Å². The molecule has 7 nitrogen and oxygen atoms in total. The molecule has 0 radical (unpaired) electrons. The number of thiol groups is 1. The van der Waals surface area contributed by atoms with Crippen LogP contribution in [0.25, 0.3) is 101 Å². The number of aromatic nitrogens is 6. The van der Waals surface area contributed by atoms with Crippen molar-refractivity contribution in [2.45, 2.75) is 4.90 Å². The number of hydrogen-bond donors (Lipinski definition) is 1. The molecule has 8 heteroatoms. The molecule has 3 aromatic heterocycles. The van der Waals surface area contributed by atoms with Gasteiger partial charge in [-0.15, -0.1) is 12.6 Å². The van der Waals surface area contributed by atoms with Gasteiger partial charge in [0.15, 0.2) is 34.9 Å². The van der Waals surface area contributed by atoms with Gasteiger partial charge in [-0.3, -0.25) is 0 Å². The SMILES string of the molecule is Sc1ccccc1-c1cccc(-c2nc(-c3ccccc3)nc(-c3ccc4oc5cc(-c6nc(-c7ccccc7)nc(-c7ccccc7)n6)ccc5c4c3)n2)c1. The van der Waals surface area contributed by atoms with Crippen LogP contribution in [0, 0.1) is 0 Å². The fourth-order valence-electron chi connectivity index (χ4n) is 6.89. The summed E-state index contributed by atoms with van der Waals surface area (Å²) in [5.41, 5.74) is 8.84. The molecule has 0 aliphatic rings. The van der Waals surface area contributed by atoms with E-state index in [1.165, 1.54) is 0 Å². The van der Waals surface area contributed by atoms with Crippen LogP contribution in [0.1, 0.15) is 0 Å². The second-order valence-electron chi connectivity index (χ2n) is 13.3. The molecule has 0 saturated carbocycles. The van der Waals surface area contributed by atoms with Gasteiger partial charge in [0.25, 0.3) is 0 Å². The minimum atomic E-state index is 0.564. The van der Waals surface area contributed by atoms with Crippen molar-refractivity contribution in [1.29, 1.82) is 0 Å². The molecule has 0 aliphatic carbocycles. The molecular weight excluding hydrogens is 709 g/mol. The second-order valence-corrected chi connectivity index (χ2v) is 13.8. The quantitative estimate of drug-likeness (QED) is 0.163. The third kappa shape index (κ3) is 6.38. The summed E-state index contributed by atoms with van der Waals surface area (Å²) in [6, 6.07) is 58.4. The molecule has 0 bridgehead atoms. The molecule has 0 spiro atoms. The standard InChI is InChI=1S/C48H30N6OS/c56-42-22-11-10-21-37(42)33-19-12-20-34(27-33)46-50-45(32-17-8-3-9-18-32)51-47(54-46)35-24-26-40-39(28-35)38-25-23-36(29-41(38)55-40)48-52-43(30-13-4-1-5-14-30)49-44(53-48)31-15-6-2-7-16-31/h1-29,56H. The van der Waals surface area contributed by atoms with E-state index in [0.29, 0.717) is 34.9 Å². The minimum absolute atomic E-state index is 0.564. The van der Waals surface area contributed by atoms with E-state index < -0.39 is 0 Å². The van der Waals surface area contributed by atoms with Crippen molar-refractivity contribution in [3.63, 3.8) is 0 Å². The molecule has 0 aliphatic heterocycles. The van der Waals surface area contributed by atoms with Gasteiger partial charge in [-0.2, -0.15) is 0 Å². The number of nitrogens with zero attached hydrogens (tertiary/aromatic N) is 6. The smallest absolute Gasteiger partial charge is 0.164 e. The topological polar surface area (TPSA) is 90.5 Å². The maximum atomic E-state index is 6.46. The van der Waals surface area contributed by atoms with Crippen molar-refractivity contribution in [3.05, 3.63) is 176 Å². The van der Waals surface area contributed by atoms with E-state index in [4.69, 9.17) is 46.9 Å². The highest BCUT2D eigenvalue weighted by molar-refractivity contribution is 7.80. The van der Waals surface area contributed by atoms with Crippen LogP contribution in [0.2, 0.25) is 0 Å². The summed E-state index contributed by atoms with van der Waals surface area (Å²) in [6.07, 6.45) is 0. The molecule has 10 aromatic rings. The van der Waals surface area contributed by atoms with Gasteiger partial charge in [0.1, 0.15) is 11.2 Å². The van der Waals surface area contributed by atoms with Gasteiger partial charge < -0.3 is 4.42 Å². The average molecular weight is 739 g/mol. The summed E-state index contributed by atoms with van der Waals surface area (Å²) in [5.74, 6) is 3.51. The van der Waals surface area contributed by atoms with Crippen molar-refractivity contribution >= 4 is 34.6 Å². The first-order valence-corrected chi connectivity index (χ1v) is 18.6. The van der Waals surface area contributed by atoms with Crippen LogP contribution in [0.15, 0.2) is 185 Å². The van der Waals surface area contributed by atoms with Crippen molar-refractivity contribution in [2.24, 2.45) is 0 Å². The Morgan fingerprint density at radius 1 is 0.304 bits per heavy atom. The Kier molecular flexibility index (Phi) is 8.42. The minimum Gasteiger partial charge on any atom is -0.456 e. The van der Waals surface area contributed by atoms with Gasteiger partial charge in [0, 0.05) is 49.0 Å². The third-order valence-corrected chi connectivity index (χ3v) is 10.1. The Labute approximate surface area is 327 Å². The van der Waals surface area contributed by atoms with Crippen molar-refractivity contribution in [2.75, 3.05) is 0 Å². The van der Waals surface area contributed by atoms with Gasteiger partial charge in [-0.05, 0) is 53.6 Å². The summed E-state index contributed by atoms with van der Waals surface area (Å²) >= 11 is 4.71. The first-order valence-electron chi connectivity index (χ1n) is 18.2. The van der Waals surface area contributed by atoms with Gasteiger partial charge in [-0.1, -0.05) is 133 Å². The molecule has 7 aromatic carbocycles. The van der Waals surface area contributed by atoms with E-state index >= 15 is 0 Å². The Bertz CT molecular complexity index is 2980. The maximum Gasteiger partial charge on any atom is 0.164 e. The number of benzene rings is 7. The van der Waals surface area contributed by atoms with Crippen LogP contribution in [0.3, 0.4) is 0 Å². The summed E-state index contributed by atoms with van der Waals surface area (Å²) in [7, 11) is 0. The zero-order valence-electron chi connectivity index (χ0n) is 29.8. The molecule has 10 rings (SSSR count). The largest absolute Gasteiger partial charge is 0.456 e. The summed E-state index contributed by atoms with van der Waals surface area (Å²) in [4.78, 5) is 30.6. The van der Waals surface area contributed by atoms with E-state index in [2.05, 4.69) is 30.3 Å². The second kappa shape index (κ2) is 14.2. The van der Waals surface area contributed by atoms with Crippen LogP contribution < -0.4 is 0 Å². The van der Waals surface area contributed by atoms with Gasteiger partial charge in [-0.25, -0.2) is 29.9 Å². The van der Waals surface area contributed by atoms with Crippen LogP contribution in [-0.2, 0) is 0 Å². The summed E-state index contributed by atoms with van der Waals surface area (Å²) < 4.78 is 6.46. The summed E-state index contributed by atoms with van der Waals surface area (Å²) in [5, 5.41) is 1.91. The van der Waals surface area contributed by atoms with Gasteiger partial charge in [0.05, 0.1) is 0 Å². The molecule has 3 heterocycles. The van der Waals surface area contributed by atoms with E-state index in [-0.39, 0.29) is 0 Å². The molecule has 0 fully saturated rings. The fraction of sp³-hybridized carbons (Fsp3) is 0. The number of fused-ring (bicyclic) bond motifs is 3. The molecule has 264 valence electrons. The molecule has 0 saturated heterocycles. The van der Waals surface area contributed by atoms with E-state index in [1.54, 1.807) is 0 Å². The number of hydrogen-bond acceptors (Lipinski definition) is 8. The number of rotatable bonds is 7. The van der Waals surface area contributed by atoms with Gasteiger partial charge >= 0.3 is 0 Å². The van der Waals surface area contributed by atoms with Gasteiger partial charge in [0.2, 0.25) is 0 Å². The summed E-state index contributed by atoms with van der Waals surface area (Å²) in [6.45, 7) is 0. The van der Waals surface area contributed by atoms with Crippen molar-refractivity contribution < 1.29 is 4.42 Å². The first-order chi connectivity index (χ1) is 27.6. The highest BCUT2D eigenvalue weighted by atomic mass is 32.1. The highest BCUT2D eigenvalue weighted by Crippen LogP contribution is 2.36. The van der Waals surface area contributed by atoms with Crippen molar-refractivity contribution in [1.82, 2.24) is 29.9 Å². The lowest BCUT2D eigenvalue weighted by atomic mass is 10.0. The predicted molar refractivity (Wildman–Crippen MR) is 226 cm³/mol. The fourth-order valence-corrected chi connectivity index (χ4v) is 7.18. The average Bonchev–Trinajstić information content (AvgIpc) is 3.64. The maximum absolute atomic E-state index is 6.46. The lowest BCUT2D eigenvalue weighted by Crippen LogP contribution is -2.00. The van der Waals surface area contributed by atoms with E-state index in [1.807, 2.05) is 146 Å². The van der Waals surface area contributed by atoms with Crippen LogP contribution in [0.4, 0.5) is 0 Å². The van der Waals surface area contributed by atoms with E-state index in [0.717, 1.165) is 71.3 Å². The Hall–Kier alpha value is -7.29. The van der Waals surface area contributed by atoms with E-state index in [9.17, 15) is 0 Å². The molecule has 0 unspecified atom stereocenters. The molecule has 56 heavy (non-hydrogen) atoms. The Morgan fingerprint density at radius 3 is 1.29 bits per heavy atom. The Balaban J connectivity index is 1.07. The number of furan rings is 1. The van der Waals surface area contributed by atoms with Crippen LogP contribution in [-0.4, -0.2) is 29.9 Å². The molecule has 0 N–H and O–H groups in total. The lowest BCUT2D eigenvalue weighted by molar-refractivity contribution is 0.669. The third-order valence-electron chi connectivity index (χ3n) is 9.69. The first kappa shape index (κ1) is 33.3. The monoisotopic (exact) mass is 738 g/mol. The molecular formula is C48H30N6OS. The Morgan fingerprint density at radius 2 is 0.732 bits per heavy atom. The molecule has 0 amide bonds. The molecule has 0 atom stereocenters. The predicted octanol–water partition coefficient (Wildman–Crippen LogP) is 11.9. The lowest BCUT2D eigenvalue weighted by Gasteiger charge is -2.10. The normalized spacial score (nSPS) is 11.3. The van der Waals surface area contributed by atoms with Crippen LogP contribution >= 0.6 is 12.6 Å². The zero-order chi connectivity index (χ0) is 37.4. The highest BCUT2D eigenvalue weighted by Gasteiger charge is 2.17. The van der Waals surface area contributed by atoms with Crippen molar-refractivity contribution in [3.8, 4) is 79.5 Å².